The van der Waals surface area contributed by atoms with Crippen molar-refractivity contribution in [3.05, 3.63) is 46.9 Å². The maximum Gasteiger partial charge on any atom is 0.245 e. The van der Waals surface area contributed by atoms with Gasteiger partial charge in [-0.05, 0) is 36.3 Å². The van der Waals surface area contributed by atoms with Gasteiger partial charge in [-0.3, -0.25) is 9.59 Å². The first-order valence-electron chi connectivity index (χ1n) is 13.0. The molecule has 0 aromatic heterocycles. The molecule has 3 atom stereocenters. The van der Waals surface area contributed by atoms with Crippen molar-refractivity contribution < 1.29 is 18.0 Å². The third-order valence-corrected chi connectivity index (χ3v) is 9.20. The molecule has 1 rings (SSSR count). The van der Waals surface area contributed by atoms with Crippen molar-refractivity contribution in [2.75, 3.05) is 21.1 Å². The second-order valence-electron chi connectivity index (χ2n) is 12.1. The van der Waals surface area contributed by atoms with Gasteiger partial charge in [0.1, 0.15) is 6.04 Å². The number of nitrogens with one attached hydrogen (secondary N) is 1. The number of allylic oxidation sites excluding steroid dienone is 1. The van der Waals surface area contributed by atoms with E-state index in [0.717, 1.165) is 9.87 Å². The summed E-state index contributed by atoms with van der Waals surface area (Å²) < 4.78 is 26.4. The number of amides is 2. The zero-order chi connectivity index (χ0) is 28.9. The average molecular weight is 536 g/mol. The summed E-state index contributed by atoms with van der Waals surface area (Å²) in [6.45, 7) is 17.3. The fourth-order valence-electron chi connectivity index (χ4n) is 4.70. The Hall–Kier alpha value is -2.19. The molecule has 8 heteroatoms. The molecule has 0 aliphatic carbocycles. The zero-order valence-electron chi connectivity index (χ0n) is 24.9. The maximum atomic E-state index is 13.9. The number of benzene rings is 1. The van der Waals surface area contributed by atoms with Crippen LogP contribution in [0.5, 0.6) is 0 Å². The van der Waals surface area contributed by atoms with E-state index in [-0.39, 0.29) is 28.6 Å². The van der Waals surface area contributed by atoms with Crippen molar-refractivity contribution in [3.8, 4) is 0 Å². The number of hydrogen-bond acceptors (Lipinski definition) is 4. The van der Waals surface area contributed by atoms with E-state index in [1.807, 2.05) is 71.9 Å². The van der Waals surface area contributed by atoms with Gasteiger partial charge in [0.05, 0.1) is 10.9 Å². The number of sulfonamides is 1. The molecule has 0 radical (unpaired) electrons. The molecule has 0 heterocycles. The fraction of sp³-hybridized carbons (Fsp3) is 0.655. The Bertz CT molecular complexity index is 1050. The van der Waals surface area contributed by atoms with Crippen molar-refractivity contribution in [2.24, 2.45) is 17.3 Å². The first-order valence-corrected chi connectivity index (χ1v) is 14.5. The summed E-state index contributed by atoms with van der Waals surface area (Å²) in [4.78, 5) is 29.3. The second kappa shape index (κ2) is 12.6. The van der Waals surface area contributed by atoms with Crippen LogP contribution in [0.15, 0.2) is 41.3 Å². The predicted molar refractivity (Wildman–Crippen MR) is 152 cm³/mol. The Labute approximate surface area is 225 Å². The van der Waals surface area contributed by atoms with Gasteiger partial charge in [0.25, 0.3) is 0 Å². The van der Waals surface area contributed by atoms with Crippen LogP contribution in [-0.4, -0.2) is 62.7 Å². The normalized spacial score (nSPS) is 15.9. The third kappa shape index (κ3) is 7.90. The highest BCUT2D eigenvalue weighted by Crippen LogP contribution is 2.35. The van der Waals surface area contributed by atoms with Crippen molar-refractivity contribution in [1.82, 2.24) is 14.5 Å². The third-order valence-electron chi connectivity index (χ3n) is 7.28. The molecule has 0 spiro atoms. The van der Waals surface area contributed by atoms with Crippen LogP contribution in [0.25, 0.3) is 0 Å². The predicted octanol–water partition coefficient (Wildman–Crippen LogP) is 4.80. The molecule has 2 amide bonds. The fourth-order valence-corrected chi connectivity index (χ4v) is 5.59. The summed E-state index contributed by atoms with van der Waals surface area (Å²) in [7, 11) is 1.04. The topological polar surface area (TPSA) is 86.8 Å². The van der Waals surface area contributed by atoms with Gasteiger partial charge in [-0.15, -0.1) is 0 Å². The smallest absolute Gasteiger partial charge is 0.245 e. The molecule has 1 aromatic carbocycles. The van der Waals surface area contributed by atoms with Gasteiger partial charge < -0.3 is 10.2 Å². The summed E-state index contributed by atoms with van der Waals surface area (Å²) in [5.41, 5.74) is 0.0696. The Balaban J connectivity index is 3.36. The van der Waals surface area contributed by atoms with E-state index >= 15 is 0 Å². The molecule has 1 aromatic rings. The van der Waals surface area contributed by atoms with Gasteiger partial charge in [-0.1, -0.05) is 85.7 Å². The summed E-state index contributed by atoms with van der Waals surface area (Å²) in [6, 6.07) is 8.69. The molecule has 37 heavy (non-hydrogen) atoms. The molecule has 0 bridgehead atoms. The van der Waals surface area contributed by atoms with Crippen LogP contribution in [0.3, 0.4) is 0 Å². The molecular formula is C29H49N3O4S. The van der Waals surface area contributed by atoms with Crippen LogP contribution in [0.1, 0.15) is 74.3 Å². The summed E-state index contributed by atoms with van der Waals surface area (Å²) in [5.74, 6) is -0.802. The van der Waals surface area contributed by atoms with Gasteiger partial charge in [-0.2, -0.15) is 0 Å². The van der Waals surface area contributed by atoms with E-state index in [4.69, 9.17) is 0 Å². The molecular weight excluding hydrogens is 486 g/mol. The molecule has 0 fully saturated rings. The van der Waals surface area contributed by atoms with Gasteiger partial charge in [0.15, 0.2) is 0 Å². The van der Waals surface area contributed by atoms with E-state index in [9.17, 15) is 18.0 Å². The molecule has 1 N–H and O–H groups in total. The molecule has 0 aliphatic rings. The monoisotopic (exact) mass is 535 g/mol. The Morgan fingerprint density at radius 3 is 1.92 bits per heavy atom. The Morgan fingerprint density at radius 1 is 1.00 bits per heavy atom. The summed E-state index contributed by atoms with van der Waals surface area (Å²) >= 11 is 0. The molecule has 0 aliphatic heterocycles. The minimum atomic E-state index is -3.60. The van der Waals surface area contributed by atoms with Gasteiger partial charge >= 0.3 is 0 Å². The Morgan fingerprint density at radius 2 is 1.51 bits per heavy atom. The molecule has 210 valence electrons. The molecule has 0 saturated carbocycles. The number of hydrogen-bond donors (Lipinski definition) is 1. The van der Waals surface area contributed by atoms with E-state index in [1.54, 1.807) is 24.9 Å². The van der Waals surface area contributed by atoms with Crippen molar-refractivity contribution in [2.45, 2.75) is 86.2 Å². The Kier molecular flexibility index (Phi) is 11.2. The van der Waals surface area contributed by atoms with Crippen LogP contribution in [-0.2, 0) is 25.0 Å². The van der Waals surface area contributed by atoms with Crippen LogP contribution < -0.4 is 5.32 Å². The summed E-state index contributed by atoms with van der Waals surface area (Å²) in [6.07, 6.45) is 2.25. The quantitative estimate of drug-likeness (QED) is 0.441. The number of nitrogens with zero attached hydrogens (tertiary/aromatic N) is 2. The lowest BCUT2D eigenvalue weighted by molar-refractivity contribution is -0.141. The zero-order valence-corrected chi connectivity index (χ0v) is 25.7. The van der Waals surface area contributed by atoms with Crippen LogP contribution in [0, 0.1) is 17.3 Å². The highest BCUT2D eigenvalue weighted by atomic mass is 32.2. The van der Waals surface area contributed by atoms with Crippen molar-refractivity contribution >= 4 is 21.8 Å². The average Bonchev–Trinajstić information content (AvgIpc) is 2.79. The maximum absolute atomic E-state index is 13.9. The van der Waals surface area contributed by atoms with E-state index in [2.05, 4.69) is 19.2 Å². The van der Waals surface area contributed by atoms with E-state index in [1.165, 1.54) is 14.1 Å². The second-order valence-corrected chi connectivity index (χ2v) is 14.4. The number of rotatable bonds is 11. The minimum Gasteiger partial charge on any atom is -0.344 e. The van der Waals surface area contributed by atoms with E-state index < -0.39 is 32.9 Å². The van der Waals surface area contributed by atoms with Crippen LogP contribution in [0.4, 0.5) is 0 Å². The van der Waals surface area contributed by atoms with E-state index in [0.29, 0.717) is 6.42 Å². The first-order chi connectivity index (χ1) is 16.8. The molecule has 1 unspecified atom stereocenters. The minimum absolute atomic E-state index is 0.0435. The standard InChI is InChI=1S/C29H49N3O4S/c1-13-23(29(8,9)22-17-15-14-16-18-22)26(33)30-25(28(5,6)7)27(34)32(12)24(20(2)3)19-21(4)37(35,36)31(10)11/h14-20,23-25H,13H2,1-12H3,(H,30,33)/b21-19+/t23-,24?,25-/m1/s1. The lowest BCUT2D eigenvalue weighted by atomic mass is 9.71. The van der Waals surface area contributed by atoms with Crippen molar-refractivity contribution in [3.63, 3.8) is 0 Å². The SMILES string of the molecule is CC[C@H](C(=O)N[C@H](C(=O)N(C)C(/C=C(\C)S(=O)(=O)N(C)C)C(C)C)C(C)(C)C)C(C)(C)c1ccccc1. The van der Waals surface area contributed by atoms with Gasteiger partial charge in [0.2, 0.25) is 21.8 Å². The molecule has 0 saturated heterocycles. The largest absolute Gasteiger partial charge is 0.344 e. The van der Waals surface area contributed by atoms with Crippen molar-refractivity contribution in [1.29, 1.82) is 0 Å². The van der Waals surface area contributed by atoms with Crippen LogP contribution in [0.2, 0.25) is 0 Å². The highest BCUT2D eigenvalue weighted by Gasteiger charge is 2.41. The number of carbonyl (C=O) groups excluding carboxylic acids is 2. The highest BCUT2D eigenvalue weighted by molar-refractivity contribution is 7.92. The first kappa shape index (κ1) is 32.8. The molecule has 7 nitrogen and oxygen atoms in total. The summed E-state index contributed by atoms with van der Waals surface area (Å²) in [5, 5.41) is 3.08. The van der Waals surface area contributed by atoms with Crippen LogP contribution >= 0.6 is 0 Å². The number of likely N-dealkylation sites (N-methyl/N-ethyl adjacent to an activating group) is 1. The number of carbonyl (C=O) groups is 2. The van der Waals surface area contributed by atoms with Gasteiger partial charge in [0, 0.05) is 32.5 Å². The lowest BCUT2D eigenvalue weighted by Gasteiger charge is -2.40. The lowest BCUT2D eigenvalue weighted by Crippen LogP contribution is -2.58. The van der Waals surface area contributed by atoms with Gasteiger partial charge in [-0.25, -0.2) is 12.7 Å².